The van der Waals surface area contributed by atoms with Crippen LogP contribution in [0.5, 0.6) is 0 Å². The van der Waals surface area contributed by atoms with Gasteiger partial charge >= 0.3 is 0 Å². The van der Waals surface area contributed by atoms with Gasteiger partial charge in [-0.3, -0.25) is 0 Å². The first-order valence-corrected chi connectivity index (χ1v) is 25.5. The largest absolute Gasteiger partial charge is 0.310 e. The van der Waals surface area contributed by atoms with E-state index in [0.29, 0.717) is 0 Å². The van der Waals surface area contributed by atoms with E-state index in [1.807, 2.05) is 0 Å². The fourth-order valence-electron chi connectivity index (χ4n) is 14.3. The second-order valence-electron chi connectivity index (χ2n) is 23.8. The summed E-state index contributed by atoms with van der Waals surface area (Å²) >= 11 is 0. The normalized spacial score (nSPS) is 14.5. The smallest absolute Gasteiger partial charge is 0.252 e. The molecule has 0 atom stereocenters. The summed E-state index contributed by atoms with van der Waals surface area (Å²) in [6.45, 7) is 18.8. The van der Waals surface area contributed by atoms with Crippen molar-refractivity contribution < 1.29 is 0 Å². The van der Waals surface area contributed by atoms with E-state index >= 15 is 0 Å². The van der Waals surface area contributed by atoms with Crippen LogP contribution in [0.4, 0.5) is 0 Å². The highest BCUT2D eigenvalue weighted by Gasteiger charge is 2.54. The van der Waals surface area contributed by atoms with Gasteiger partial charge in [0.15, 0.2) is 0 Å². The van der Waals surface area contributed by atoms with Gasteiger partial charge in [-0.1, -0.05) is 198 Å². The van der Waals surface area contributed by atoms with Gasteiger partial charge in [-0.05, 0) is 139 Å². The van der Waals surface area contributed by atoms with Crippen molar-refractivity contribution in [2.24, 2.45) is 10.8 Å². The zero-order valence-electron chi connectivity index (χ0n) is 41.5. The quantitative estimate of drug-likeness (QED) is 0.156. The van der Waals surface area contributed by atoms with Crippen LogP contribution in [0.2, 0.25) is 0 Å². The number of benzene rings is 9. The molecule has 5 heterocycles. The molecule has 11 aromatic rings. The van der Waals surface area contributed by atoms with E-state index in [1.54, 1.807) is 0 Å². The summed E-state index contributed by atoms with van der Waals surface area (Å²) in [6, 6.07) is 64.7. The van der Waals surface area contributed by atoms with Crippen molar-refractivity contribution in [2.45, 2.75) is 73.6 Å². The first kappa shape index (κ1) is 40.5. The summed E-state index contributed by atoms with van der Waals surface area (Å²) in [6.07, 6.45) is 1.98. The Balaban J connectivity index is 1.20. The first-order chi connectivity index (χ1) is 33.8. The lowest BCUT2D eigenvalue weighted by molar-refractivity contribution is 0.411. The maximum atomic E-state index is 2.79. The zero-order valence-corrected chi connectivity index (χ0v) is 41.5. The molecule has 0 N–H and O–H groups in total. The van der Waals surface area contributed by atoms with Crippen LogP contribution < -0.4 is 16.4 Å². The van der Waals surface area contributed by atoms with Gasteiger partial charge < -0.3 is 9.13 Å². The van der Waals surface area contributed by atoms with Gasteiger partial charge in [0.2, 0.25) is 0 Å². The third-order valence-electron chi connectivity index (χ3n) is 16.6. The lowest BCUT2D eigenvalue weighted by atomic mass is 9.33. The molecule has 0 fully saturated rings. The van der Waals surface area contributed by atoms with Crippen molar-refractivity contribution in [3.63, 3.8) is 0 Å². The molecule has 1 aliphatic carbocycles. The van der Waals surface area contributed by atoms with Crippen LogP contribution in [0.25, 0.3) is 88.4 Å². The lowest BCUT2D eigenvalue weighted by Crippen LogP contribution is -2.60. The third kappa shape index (κ3) is 5.15. The summed E-state index contributed by atoms with van der Waals surface area (Å²) in [5.41, 5.74) is 29.3. The third-order valence-corrected chi connectivity index (χ3v) is 16.6. The number of hydrogen-bond donors (Lipinski definition) is 0. The molecule has 0 saturated carbocycles. The van der Waals surface area contributed by atoms with Crippen LogP contribution in [-0.4, -0.2) is 15.8 Å². The Hall–Kier alpha value is -7.36. The van der Waals surface area contributed by atoms with Crippen molar-refractivity contribution in [1.82, 2.24) is 9.13 Å². The molecule has 70 heavy (non-hydrogen) atoms. The standard InChI is InChI=1S/C67H55BN2/c1-38-21-25-42(26-22-38)57-58-45-16-10-9-15-44(45)35-55-64(58)69(60(57)43-27-23-39(2)24-28-43)56-30-29-52-63-59(56)68(55)54-34-41(37-66(6,7)8)32-49-48-31-40(36-65(3,4)5)33-53(61(48)70(63)62(49)54)67(52)50-19-13-11-17-46(50)47-18-12-14-20-51(47)67/h9-35H,36-37H2,1-8H3. The van der Waals surface area contributed by atoms with Crippen molar-refractivity contribution >= 4 is 66.6 Å². The summed E-state index contributed by atoms with van der Waals surface area (Å²) in [4.78, 5) is 0. The van der Waals surface area contributed by atoms with Crippen LogP contribution in [0.15, 0.2) is 164 Å². The van der Waals surface area contributed by atoms with Crippen LogP contribution in [0.1, 0.15) is 86.1 Å². The van der Waals surface area contributed by atoms with E-state index < -0.39 is 5.41 Å². The maximum Gasteiger partial charge on any atom is 0.252 e. The highest BCUT2D eigenvalue weighted by Crippen LogP contribution is 2.62. The summed E-state index contributed by atoms with van der Waals surface area (Å²) < 4.78 is 5.51. The van der Waals surface area contributed by atoms with Crippen LogP contribution in [0.3, 0.4) is 0 Å². The summed E-state index contributed by atoms with van der Waals surface area (Å²) in [5, 5.41) is 6.71. The summed E-state index contributed by atoms with van der Waals surface area (Å²) in [5.74, 6) is 0. The predicted octanol–water partition coefficient (Wildman–Crippen LogP) is 14.8. The van der Waals surface area contributed by atoms with Crippen LogP contribution in [-0.2, 0) is 18.3 Å². The Morgan fingerprint density at radius 2 is 1.04 bits per heavy atom. The molecule has 9 aromatic carbocycles. The number of fused-ring (bicyclic) bond motifs is 13. The molecule has 0 radical (unpaired) electrons. The van der Waals surface area contributed by atoms with Crippen molar-refractivity contribution in [1.29, 1.82) is 0 Å². The second kappa shape index (κ2) is 13.5. The number of hydrogen-bond acceptors (Lipinski definition) is 0. The zero-order chi connectivity index (χ0) is 47.3. The fourth-order valence-corrected chi connectivity index (χ4v) is 14.3. The molecule has 0 unspecified atom stereocenters. The van der Waals surface area contributed by atoms with Gasteiger partial charge in [-0.25, -0.2) is 0 Å². The van der Waals surface area contributed by atoms with Crippen molar-refractivity contribution in [3.05, 3.63) is 208 Å². The number of aromatic nitrogens is 2. The number of rotatable bonds is 4. The van der Waals surface area contributed by atoms with Crippen LogP contribution in [0, 0.1) is 24.7 Å². The molecular weight excluding hydrogens is 844 g/mol. The molecule has 3 heteroatoms. The molecule has 0 bridgehead atoms. The number of nitrogens with zero attached hydrogens (tertiary/aromatic N) is 2. The Morgan fingerprint density at radius 3 is 1.70 bits per heavy atom. The molecule has 15 rings (SSSR count). The Labute approximate surface area is 411 Å². The molecule has 2 aromatic heterocycles. The van der Waals surface area contributed by atoms with Crippen molar-refractivity contribution in [3.8, 4) is 44.9 Å². The van der Waals surface area contributed by atoms with E-state index in [4.69, 9.17) is 0 Å². The average Bonchev–Trinajstić information content (AvgIpc) is 3.96. The van der Waals surface area contributed by atoms with E-state index in [2.05, 4.69) is 228 Å². The SMILES string of the molecule is Cc1ccc(-c2c(-c3ccc(C)cc3)n3c4c(cc5ccccc5c24)B2c4c-3ccc3c4-n4c5c2cc(CC(C)(C)C)cc5c2cc(CC(C)(C)C)cc(c24)C32c3ccccc3-c3ccccc32)cc1. The monoisotopic (exact) mass is 898 g/mol. The average molecular weight is 899 g/mol. The first-order valence-electron chi connectivity index (χ1n) is 25.5. The van der Waals surface area contributed by atoms with E-state index in [0.717, 1.165) is 12.8 Å². The highest BCUT2D eigenvalue weighted by atomic mass is 15.1. The maximum absolute atomic E-state index is 2.79. The second-order valence-corrected chi connectivity index (χ2v) is 23.8. The Morgan fingerprint density at radius 1 is 0.471 bits per heavy atom. The molecule has 4 aliphatic rings. The minimum atomic E-state index is -0.535. The van der Waals surface area contributed by atoms with Gasteiger partial charge in [-0.15, -0.1) is 0 Å². The molecule has 2 nitrogen and oxygen atoms in total. The fraction of sp³-hybridized carbons (Fsp3) is 0.194. The molecular formula is C67H55BN2. The van der Waals surface area contributed by atoms with E-state index in [-0.39, 0.29) is 17.5 Å². The number of aryl methyl sites for hydroxylation is 2. The minimum absolute atomic E-state index is 0.00467. The topological polar surface area (TPSA) is 9.86 Å². The Kier molecular flexibility index (Phi) is 7.81. The van der Waals surface area contributed by atoms with Gasteiger partial charge in [0, 0.05) is 38.6 Å². The predicted molar refractivity (Wildman–Crippen MR) is 297 cm³/mol. The molecule has 1 spiro atoms. The van der Waals surface area contributed by atoms with E-state index in [9.17, 15) is 0 Å². The molecule has 3 aliphatic heterocycles. The van der Waals surface area contributed by atoms with Gasteiger partial charge in [0.1, 0.15) is 0 Å². The molecule has 0 saturated heterocycles. The molecule has 0 amide bonds. The minimum Gasteiger partial charge on any atom is -0.310 e. The van der Waals surface area contributed by atoms with Crippen LogP contribution >= 0.6 is 0 Å². The molecule has 336 valence electrons. The summed E-state index contributed by atoms with van der Waals surface area (Å²) in [7, 11) is 0. The Bertz CT molecular complexity index is 4100. The van der Waals surface area contributed by atoms with Crippen molar-refractivity contribution in [2.75, 3.05) is 0 Å². The van der Waals surface area contributed by atoms with Gasteiger partial charge in [-0.2, -0.15) is 0 Å². The lowest BCUT2D eigenvalue weighted by Gasteiger charge is -2.44. The van der Waals surface area contributed by atoms with Gasteiger partial charge in [0.05, 0.1) is 22.1 Å². The highest BCUT2D eigenvalue weighted by molar-refractivity contribution is 7.00. The van der Waals surface area contributed by atoms with E-state index in [1.165, 1.54) is 149 Å². The van der Waals surface area contributed by atoms with Gasteiger partial charge in [0.25, 0.3) is 6.71 Å².